The average Bonchev–Trinajstić information content (AvgIpc) is 3.09. The van der Waals surface area contributed by atoms with Crippen molar-refractivity contribution in [3.8, 4) is 5.75 Å². The molecule has 0 aliphatic heterocycles. The highest BCUT2D eigenvalue weighted by Gasteiger charge is 2.19. The molecular formula is C21H20F2N4O3S. The Morgan fingerprint density at radius 2 is 1.97 bits per heavy atom. The maximum absolute atomic E-state index is 13.8. The molecule has 1 aromatic heterocycles. The third-order valence-electron chi connectivity index (χ3n) is 4.32. The molecule has 0 aliphatic rings. The molecule has 0 fully saturated rings. The van der Waals surface area contributed by atoms with Crippen LogP contribution in [0.4, 0.5) is 14.5 Å². The number of nitrogens with zero attached hydrogens (tertiary/aromatic N) is 3. The first kappa shape index (κ1) is 22.4. The molecule has 0 bridgehead atoms. The summed E-state index contributed by atoms with van der Waals surface area (Å²) in [4.78, 5) is 23.7. The fourth-order valence-electron chi connectivity index (χ4n) is 2.76. The van der Waals surface area contributed by atoms with Crippen molar-refractivity contribution in [3.05, 3.63) is 65.5 Å². The zero-order chi connectivity index (χ0) is 22.5. The molecule has 2 aromatic carbocycles. The van der Waals surface area contributed by atoms with Crippen molar-refractivity contribution >= 4 is 29.1 Å². The van der Waals surface area contributed by atoms with E-state index in [4.69, 9.17) is 4.74 Å². The lowest BCUT2D eigenvalue weighted by molar-refractivity contribution is -0.113. The summed E-state index contributed by atoms with van der Waals surface area (Å²) in [6.45, 7) is 3.12. The summed E-state index contributed by atoms with van der Waals surface area (Å²) in [7, 11) is 1.70. The number of halogens is 2. The number of nitrogens with one attached hydrogen (secondary N) is 1. The smallest absolute Gasteiger partial charge is 0.234 e. The Bertz CT molecular complexity index is 1120. The van der Waals surface area contributed by atoms with Gasteiger partial charge in [0.05, 0.1) is 5.75 Å². The number of carbonyl (C=O) groups excluding carboxylic acids is 2. The van der Waals surface area contributed by atoms with E-state index in [1.807, 2.05) is 0 Å². The highest BCUT2D eigenvalue weighted by molar-refractivity contribution is 7.99. The van der Waals surface area contributed by atoms with Crippen LogP contribution in [0.25, 0.3) is 0 Å². The molecule has 7 nitrogen and oxygen atoms in total. The molecular weight excluding hydrogens is 426 g/mol. The highest BCUT2D eigenvalue weighted by Crippen LogP contribution is 2.26. The maximum atomic E-state index is 13.8. The average molecular weight is 446 g/mol. The van der Waals surface area contributed by atoms with Crippen molar-refractivity contribution in [1.82, 2.24) is 14.8 Å². The molecule has 0 aliphatic carbocycles. The van der Waals surface area contributed by atoms with Gasteiger partial charge in [0.25, 0.3) is 0 Å². The SMILES string of the molecule is CC(=O)c1cccc(NC(=O)CSc2nnc(C(C)Oc3ccc(F)cc3F)n2C)c1. The molecule has 0 saturated heterocycles. The minimum atomic E-state index is -0.811. The van der Waals surface area contributed by atoms with Gasteiger partial charge in [-0.2, -0.15) is 0 Å². The molecule has 31 heavy (non-hydrogen) atoms. The fraction of sp³-hybridized carbons (Fsp3) is 0.238. The van der Waals surface area contributed by atoms with Gasteiger partial charge in [0.1, 0.15) is 5.82 Å². The van der Waals surface area contributed by atoms with E-state index in [0.29, 0.717) is 22.2 Å². The number of benzene rings is 2. The zero-order valence-electron chi connectivity index (χ0n) is 17.1. The lowest BCUT2D eigenvalue weighted by Gasteiger charge is -2.14. The van der Waals surface area contributed by atoms with Crippen molar-refractivity contribution in [2.45, 2.75) is 25.1 Å². The second-order valence-corrected chi connectivity index (χ2v) is 7.65. The van der Waals surface area contributed by atoms with E-state index in [9.17, 15) is 18.4 Å². The van der Waals surface area contributed by atoms with Crippen LogP contribution in [0, 0.1) is 11.6 Å². The quantitative estimate of drug-likeness (QED) is 0.413. The third kappa shape index (κ3) is 5.66. The molecule has 0 spiro atoms. The monoisotopic (exact) mass is 446 g/mol. The predicted molar refractivity (Wildman–Crippen MR) is 112 cm³/mol. The summed E-state index contributed by atoms with van der Waals surface area (Å²) >= 11 is 1.17. The lowest BCUT2D eigenvalue weighted by atomic mass is 10.1. The summed E-state index contributed by atoms with van der Waals surface area (Å²) in [5.41, 5.74) is 1.04. The molecule has 3 aromatic rings. The summed E-state index contributed by atoms with van der Waals surface area (Å²) in [6.07, 6.45) is -0.657. The number of anilines is 1. The maximum Gasteiger partial charge on any atom is 0.234 e. The van der Waals surface area contributed by atoms with E-state index in [-0.39, 0.29) is 23.2 Å². The first-order chi connectivity index (χ1) is 14.7. The van der Waals surface area contributed by atoms with Crippen LogP contribution in [0.15, 0.2) is 47.6 Å². The number of ketones is 1. The topological polar surface area (TPSA) is 86.1 Å². The Hall–Kier alpha value is -3.27. The van der Waals surface area contributed by atoms with E-state index >= 15 is 0 Å². The Labute approximate surface area is 181 Å². The lowest BCUT2D eigenvalue weighted by Crippen LogP contribution is -2.15. The van der Waals surface area contributed by atoms with Crippen LogP contribution in [-0.4, -0.2) is 32.2 Å². The fourth-order valence-corrected chi connectivity index (χ4v) is 3.48. The number of hydrogen-bond donors (Lipinski definition) is 1. The van der Waals surface area contributed by atoms with E-state index in [1.165, 1.54) is 24.8 Å². The molecule has 10 heteroatoms. The Kier molecular flexibility index (Phi) is 7.01. The second-order valence-electron chi connectivity index (χ2n) is 6.71. The molecule has 1 amide bonds. The molecule has 3 rings (SSSR count). The van der Waals surface area contributed by atoms with Gasteiger partial charge >= 0.3 is 0 Å². The van der Waals surface area contributed by atoms with Gasteiger partial charge in [0.15, 0.2) is 34.4 Å². The van der Waals surface area contributed by atoms with Crippen LogP contribution in [0.5, 0.6) is 5.75 Å². The number of hydrogen-bond acceptors (Lipinski definition) is 6. The number of ether oxygens (including phenoxy) is 1. The van der Waals surface area contributed by atoms with Gasteiger partial charge < -0.3 is 14.6 Å². The van der Waals surface area contributed by atoms with Gasteiger partial charge in [0, 0.05) is 24.4 Å². The van der Waals surface area contributed by atoms with Crippen molar-refractivity contribution in [2.24, 2.45) is 7.05 Å². The Morgan fingerprint density at radius 3 is 2.68 bits per heavy atom. The number of aromatic nitrogens is 3. The molecule has 1 N–H and O–H groups in total. The van der Waals surface area contributed by atoms with Crippen molar-refractivity contribution in [2.75, 3.05) is 11.1 Å². The molecule has 0 radical (unpaired) electrons. The standard InChI is InChI=1S/C21H20F2N4O3S/c1-12(28)14-5-4-6-16(9-14)24-19(29)11-31-21-26-25-20(27(21)3)13(2)30-18-8-7-15(22)10-17(18)23/h4-10,13H,11H2,1-3H3,(H,24,29). The summed E-state index contributed by atoms with van der Waals surface area (Å²) in [5, 5.41) is 11.3. The first-order valence-corrected chi connectivity index (χ1v) is 10.3. The number of carbonyl (C=O) groups is 2. The van der Waals surface area contributed by atoms with Crippen LogP contribution in [-0.2, 0) is 11.8 Å². The summed E-state index contributed by atoms with van der Waals surface area (Å²) in [5.74, 6) is -1.48. The van der Waals surface area contributed by atoms with Crippen LogP contribution in [0.1, 0.15) is 36.1 Å². The minimum absolute atomic E-state index is 0.0676. The van der Waals surface area contributed by atoms with Crippen LogP contribution in [0.3, 0.4) is 0 Å². The van der Waals surface area contributed by atoms with E-state index in [0.717, 1.165) is 12.1 Å². The van der Waals surface area contributed by atoms with Crippen LogP contribution < -0.4 is 10.1 Å². The van der Waals surface area contributed by atoms with Crippen LogP contribution >= 0.6 is 11.8 Å². The molecule has 0 saturated carbocycles. The Balaban J connectivity index is 1.60. The van der Waals surface area contributed by atoms with Gasteiger partial charge in [-0.25, -0.2) is 8.78 Å². The minimum Gasteiger partial charge on any atom is -0.480 e. The Morgan fingerprint density at radius 1 is 1.19 bits per heavy atom. The molecule has 1 unspecified atom stereocenters. The van der Waals surface area contributed by atoms with Gasteiger partial charge in [-0.05, 0) is 38.1 Å². The largest absolute Gasteiger partial charge is 0.480 e. The molecule has 1 heterocycles. The van der Waals surface area contributed by atoms with Gasteiger partial charge in [-0.1, -0.05) is 23.9 Å². The molecule has 1 atom stereocenters. The van der Waals surface area contributed by atoms with Gasteiger partial charge in [-0.3, -0.25) is 9.59 Å². The number of amides is 1. The van der Waals surface area contributed by atoms with Crippen molar-refractivity contribution in [3.63, 3.8) is 0 Å². The first-order valence-electron chi connectivity index (χ1n) is 9.29. The van der Waals surface area contributed by atoms with Gasteiger partial charge in [-0.15, -0.1) is 10.2 Å². The van der Waals surface area contributed by atoms with Crippen molar-refractivity contribution in [1.29, 1.82) is 0 Å². The van der Waals surface area contributed by atoms with Crippen molar-refractivity contribution < 1.29 is 23.1 Å². The summed E-state index contributed by atoms with van der Waals surface area (Å²) < 4.78 is 34.0. The van der Waals surface area contributed by atoms with Crippen LogP contribution in [0.2, 0.25) is 0 Å². The number of thioether (sulfide) groups is 1. The summed E-state index contributed by atoms with van der Waals surface area (Å²) in [6, 6.07) is 9.73. The number of Topliss-reactive ketones (excluding diaryl/α,β-unsaturated/α-hetero) is 1. The highest BCUT2D eigenvalue weighted by atomic mass is 32.2. The van der Waals surface area contributed by atoms with E-state index in [2.05, 4.69) is 15.5 Å². The normalized spacial score (nSPS) is 11.8. The third-order valence-corrected chi connectivity index (χ3v) is 5.34. The molecule has 162 valence electrons. The van der Waals surface area contributed by atoms with Gasteiger partial charge in [0.2, 0.25) is 5.91 Å². The number of rotatable bonds is 8. The van der Waals surface area contributed by atoms with E-state index < -0.39 is 17.7 Å². The zero-order valence-corrected chi connectivity index (χ0v) is 17.9. The van der Waals surface area contributed by atoms with E-state index in [1.54, 1.807) is 42.8 Å². The predicted octanol–water partition coefficient (Wildman–Crippen LogP) is 4.17. The second kappa shape index (κ2) is 9.69.